The zero-order valence-electron chi connectivity index (χ0n) is 19.2. The minimum atomic E-state index is -1.22. The minimum absolute atomic E-state index is 0.0819. The summed E-state index contributed by atoms with van der Waals surface area (Å²) < 4.78 is 6.50. The summed E-state index contributed by atoms with van der Waals surface area (Å²) in [7, 11) is 0. The van der Waals surface area contributed by atoms with Gasteiger partial charge in [0.05, 0.1) is 18.0 Å². The molecule has 1 fully saturated rings. The van der Waals surface area contributed by atoms with Crippen LogP contribution in [0, 0.1) is 0 Å². The third-order valence-corrected chi connectivity index (χ3v) is 8.80. The number of hydrogen-bond donors (Lipinski definition) is 3. The van der Waals surface area contributed by atoms with Crippen LogP contribution in [0.25, 0.3) is 0 Å². The van der Waals surface area contributed by atoms with E-state index in [0.29, 0.717) is 23.0 Å². The monoisotopic (exact) mass is 587 g/mol. The molecule has 0 aromatic carbocycles. The second-order valence-electron chi connectivity index (χ2n) is 7.35. The Kier molecular flexibility index (Phi) is 8.83. The van der Waals surface area contributed by atoms with Crippen molar-refractivity contribution in [2.75, 3.05) is 36.3 Å². The van der Waals surface area contributed by atoms with Crippen LogP contribution in [-0.2, 0) is 28.8 Å². The molecule has 1 saturated heterocycles. The number of amides is 2. The van der Waals surface area contributed by atoms with Gasteiger partial charge in [-0.15, -0.1) is 23.1 Å². The quantitative estimate of drug-likeness (QED) is 0.106. The highest BCUT2D eigenvalue weighted by atomic mass is 32.2. The molecule has 1 aromatic rings. The van der Waals surface area contributed by atoms with E-state index in [0.717, 1.165) is 11.3 Å². The van der Waals surface area contributed by atoms with Crippen LogP contribution in [0.4, 0.5) is 5.13 Å². The molecule has 1 aromatic heterocycles. The summed E-state index contributed by atoms with van der Waals surface area (Å²) in [6, 6.07) is -0.994. The number of ether oxygens (including phenoxy) is 1. The van der Waals surface area contributed by atoms with Gasteiger partial charge in [0.1, 0.15) is 22.8 Å². The van der Waals surface area contributed by atoms with Crippen molar-refractivity contribution >= 4 is 87.0 Å². The molecular formula is C19H21N7O7S4. The van der Waals surface area contributed by atoms with Crippen LogP contribution in [0.5, 0.6) is 0 Å². The number of carbonyl (C=O) groups is 4. The van der Waals surface area contributed by atoms with Gasteiger partial charge in [0.15, 0.2) is 10.8 Å². The van der Waals surface area contributed by atoms with Crippen LogP contribution in [-0.4, -0.2) is 96.4 Å². The largest absolute Gasteiger partial charge is 0.477 e. The van der Waals surface area contributed by atoms with Gasteiger partial charge in [-0.05, 0) is 24.4 Å². The SMILES string of the molecule is CCOC(=O)CON=C(C(=O)NC1C(=O)N2C(C(=O)O)=C(CSN3CSC=N3)CS[C@H]12)c1csc(N)n1. The Morgan fingerprint density at radius 2 is 2.22 bits per heavy atom. The number of carbonyl (C=O) groups excluding carboxylic acids is 3. The molecule has 14 nitrogen and oxygen atoms in total. The second kappa shape index (κ2) is 12.1. The molecule has 4 N–H and O–H groups in total. The Labute approximate surface area is 227 Å². The van der Waals surface area contributed by atoms with Gasteiger partial charge in [-0.1, -0.05) is 16.9 Å². The molecule has 0 saturated carbocycles. The number of nitrogen functional groups attached to an aromatic ring is 1. The number of nitrogens with one attached hydrogen (secondary N) is 1. The molecule has 4 rings (SSSR count). The van der Waals surface area contributed by atoms with Crippen molar-refractivity contribution in [3.05, 3.63) is 22.3 Å². The maximum atomic E-state index is 13.1. The van der Waals surface area contributed by atoms with Crippen molar-refractivity contribution in [1.29, 1.82) is 0 Å². The van der Waals surface area contributed by atoms with Gasteiger partial charge in [0, 0.05) is 16.9 Å². The van der Waals surface area contributed by atoms with Crippen molar-refractivity contribution in [3.63, 3.8) is 0 Å². The first kappa shape index (κ1) is 27.1. The number of aromatic nitrogens is 1. The molecule has 198 valence electrons. The topological polar surface area (TPSA) is 189 Å². The van der Waals surface area contributed by atoms with Gasteiger partial charge in [0.25, 0.3) is 11.8 Å². The average Bonchev–Trinajstić information content (AvgIpc) is 3.55. The van der Waals surface area contributed by atoms with Crippen LogP contribution in [0.3, 0.4) is 0 Å². The number of β-lactam (4-membered cyclic amide) rings is 1. The summed E-state index contributed by atoms with van der Waals surface area (Å²) in [6.45, 7) is 1.25. The van der Waals surface area contributed by atoms with Crippen molar-refractivity contribution in [2.45, 2.75) is 18.3 Å². The number of nitrogens with two attached hydrogens (primary N) is 1. The Balaban J connectivity index is 1.46. The number of carboxylic acid groups (broad SMARTS) is 1. The smallest absolute Gasteiger partial charge is 0.352 e. The van der Waals surface area contributed by atoms with Crippen LogP contribution in [0.1, 0.15) is 12.6 Å². The molecule has 3 aliphatic rings. The summed E-state index contributed by atoms with van der Waals surface area (Å²) >= 11 is 5.30. The van der Waals surface area contributed by atoms with E-state index in [-0.39, 0.29) is 28.8 Å². The lowest BCUT2D eigenvalue weighted by molar-refractivity contribution is -0.150. The number of rotatable bonds is 11. The lowest BCUT2D eigenvalue weighted by Gasteiger charge is -2.49. The first-order valence-electron chi connectivity index (χ1n) is 10.6. The Hall–Kier alpha value is -2.96. The molecule has 0 radical (unpaired) electrons. The third kappa shape index (κ3) is 6.13. The first-order chi connectivity index (χ1) is 17.8. The maximum absolute atomic E-state index is 13.1. The van der Waals surface area contributed by atoms with Crippen LogP contribution < -0.4 is 11.1 Å². The minimum Gasteiger partial charge on any atom is -0.477 e. The molecule has 3 aliphatic heterocycles. The Bertz CT molecular complexity index is 1190. The highest BCUT2D eigenvalue weighted by Gasteiger charge is 2.54. The molecule has 0 spiro atoms. The Morgan fingerprint density at radius 3 is 2.86 bits per heavy atom. The summed E-state index contributed by atoms with van der Waals surface area (Å²) in [5, 5.41) is 21.3. The number of esters is 1. The fourth-order valence-electron chi connectivity index (χ4n) is 3.40. The van der Waals surface area contributed by atoms with Gasteiger partial charge < -0.3 is 25.7 Å². The van der Waals surface area contributed by atoms with E-state index in [1.54, 1.807) is 16.9 Å². The van der Waals surface area contributed by atoms with Crippen LogP contribution >= 0.6 is 46.8 Å². The van der Waals surface area contributed by atoms with Crippen LogP contribution in [0.2, 0.25) is 0 Å². The van der Waals surface area contributed by atoms with Gasteiger partial charge in [-0.2, -0.15) is 5.10 Å². The predicted octanol–water partition coefficient (Wildman–Crippen LogP) is 0.346. The van der Waals surface area contributed by atoms with E-state index in [4.69, 9.17) is 15.3 Å². The number of hydrogen-bond acceptors (Lipinski definition) is 15. The lowest BCUT2D eigenvalue weighted by Crippen LogP contribution is -2.71. The number of thioether (sulfide) groups is 2. The average molecular weight is 588 g/mol. The second-order valence-corrected chi connectivity index (χ2v) is 11.1. The van der Waals surface area contributed by atoms with E-state index >= 15 is 0 Å². The number of aliphatic carboxylic acids is 1. The summed E-state index contributed by atoms with van der Waals surface area (Å²) in [6.07, 6.45) is 0. The zero-order valence-corrected chi connectivity index (χ0v) is 22.5. The molecule has 0 aliphatic carbocycles. The van der Waals surface area contributed by atoms with Gasteiger partial charge in [-0.25, -0.2) is 19.0 Å². The summed E-state index contributed by atoms with van der Waals surface area (Å²) in [5.41, 5.74) is 7.69. The van der Waals surface area contributed by atoms with Gasteiger partial charge in [-0.3, -0.25) is 14.5 Å². The van der Waals surface area contributed by atoms with Crippen molar-refractivity contribution in [2.24, 2.45) is 10.3 Å². The van der Waals surface area contributed by atoms with Crippen molar-refractivity contribution < 1.29 is 33.9 Å². The molecule has 0 bridgehead atoms. The number of anilines is 1. The summed E-state index contributed by atoms with van der Waals surface area (Å²) in [4.78, 5) is 59.8. The van der Waals surface area contributed by atoms with Gasteiger partial charge in [0.2, 0.25) is 6.61 Å². The number of nitrogens with zero attached hydrogens (tertiary/aromatic N) is 5. The summed E-state index contributed by atoms with van der Waals surface area (Å²) in [5.74, 6) is -1.86. The van der Waals surface area contributed by atoms with E-state index in [9.17, 15) is 24.3 Å². The highest BCUT2D eigenvalue weighted by molar-refractivity contribution is 8.13. The van der Waals surface area contributed by atoms with E-state index in [1.165, 1.54) is 45.8 Å². The fourth-order valence-corrected chi connectivity index (χ4v) is 7.06. The number of carboxylic acids is 1. The number of oxime groups is 1. The van der Waals surface area contributed by atoms with E-state index < -0.39 is 41.8 Å². The zero-order chi connectivity index (χ0) is 26.5. The van der Waals surface area contributed by atoms with E-state index in [2.05, 4.69) is 20.6 Å². The molecule has 37 heavy (non-hydrogen) atoms. The Morgan fingerprint density at radius 1 is 1.41 bits per heavy atom. The standard InChI is InChI=1S/C19H21N7O7S4/c1-2-32-11(27)3-33-24-12(10-6-36-19(20)22-10)15(28)23-13-16(29)26-14(18(30)31)9(4-35-17(13)26)5-37-25-8-34-7-21-25/h6-7,13,17H,2-5,8H2,1H3,(H2,20,22)(H,23,28)(H,30,31)/t13?,17-/m1/s1. The third-order valence-electron chi connectivity index (χ3n) is 4.98. The number of hydrazone groups is 1. The van der Waals surface area contributed by atoms with Crippen molar-refractivity contribution in [1.82, 2.24) is 19.6 Å². The maximum Gasteiger partial charge on any atom is 0.352 e. The number of fused-ring (bicyclic) bond motifs is 1. The predicted molar refractivity (Wildman–Crippen MR) is 141 cm³/mol. The van der Waals surface area contributed by atoms with Crippen molar-refractivity contribution in [3.8, 4) is 0 Å². The molecule has 2 amide bonds. The molecule has 2 atom stereocenters. The molecular weight excluding hydrogens is 567 g/mol. The van der Waals surface area contributed by atoms with Gasteiger partial charge >= 0.3 is 11.9 Å². The normalized spacial score (nSPS) is 21.0. The molecule has 18 heteroatoms. The first-order valence-corrected chi connectivity index (χ1v) is 14.5. The van der Waals surface area contributed by atoms with Crippen LogP contribution in [0.15, 0.2) is 26.9 Å². The number of thiazole rings is 1. The molecule has 1 unspecified atom stereocenters. The highest BCUT2D eigenvalue weighted by Crippen LogP contribution is 2.41. The molecule has 4 heterocycles. The fraction of sp³-hybridized carbons (Fsp3) is 0.421. The lowest BCUT2D eigenvalue weighted by atomic mass is 10.0. The van der Waals surface area contributed by atoms with E-state index in [1.807, 2.05) is 0 Å².